The molecule has 2 amide bonds. The second-order valence-electron chi connectivity index (χ2n) is 9.16. The maximum atomic E-state index is 14.1. The minimum absolute atomic E-state index is 0.0245. The van der Waals surface area contributed by atoms with Crippen LogP contribution in [0, 0.1) is 17.7 Å². The van der Waals surface area contributed by atoms with Crippen LogP contribution in [0.2, 0.25) is 0 Å². The summed E-state index contributed by atoms with van der Waals surface area (Å²) in [6.07, 6.45) is 7.15. The summed E-state index contributed by atoms with van der Waals surface area (Å²) >= 11 is 0. The first-order valence-corrected chi connectivity index (χ1v) is 11.4. The number of piperazine rings is 1. The zero-order valence-corrected chi connectivity index (χ0v) is 18.4. The number of benzene rings is 1. The molecule has 6 nitrogen and oxygen atoms in total. The molecule has 3 aliphatic rings. The number of hydrogen-bond donors (Lipinski definition) is 2. The molecule has 1 aromatic carbocycles. The smallest absolute Gasteiger partial charge is 0.224 e. The zero-order chi connectivity index (χ0) is 22.0. The summed E-state index contributed by atoms with van der Waals surface area (Å²) in [5.41, 5.74) is 1.75. The highest BCUT2D eigenvalue weighted by atomic mass is 19.1. The molecular weight excluding hydrogens is 395 g/mol. The zero-order valence-electron chi connectivity index (χ0n) is 18.4. The lowest BCUT2D eigenvalue weighted by Gasteiger charge is -2.36. The molecule has 4 rings (SSSR count). The third-order valence-electron chi connectivity index (χ3n) is 6.69. The van der Waals surface area contributed by atoms with Crippen LogP contribution in [0.25, 0.3) is 0 Å². The lowest BCUT2D eigenvalue weighted by Crippen LogP contribution is -2.46. The highest BCUT2D eigenvalue weighted by Crippen LogP contribution is 2.31. The molecule has 0 aromatic heterocycles. The third kappa shape index (κ3) is 5.26. The Balaban J connectivity index is 1.47. The summed E-state index contributed by atoms with van der Waals surface area (Å²) in [4.78, 5) is 30.4. The van der Waals surface area contributed by atoms with Crippen molar-refractivity contribution in [3.8, 4) is 0 Å². The molecule has 3 atom stereocenters. The minimum atomic E-state index is -0.396. The summed E-state index contributed by atoms with van der Waals surface area (Å²) in [5, 5.41) is 6.12. The minimum Gasteiger partial charge on any atom is -0.369 e. The Morgan fingerprint density at radius 1 is 1.03 bits per heavy atom. The fraction of sp³-hybridized carbons (Fsp3) is 0.583. The second kappa shape index (κ2) is 9.39. The highest BCUT2D eigenvalue weighted by Gasteiger charge is 2.37. The molecule has 1 aliphatic heterocycles. The molecule has 168 valence electrons. The predicted octanol–water partition coefficient (Wildman–Crippen LogP) is 2.62. The van der Waals surface area contributed by atoms with Crippen LogP contribution < -0.4 is 15.5 Å². The summed E-state index contributed by atoms with van der Waals surface area (Å²) in [6, 6.07) is 4.75. The van der Waals surface area contributed by atoms with Crippen molar-refractivity contribution in [2.24, 2.45) is 11.8 Å². The molecule has 1 saturated carbocycles. The quantitative estimate of drug-likeness (QED) is 0.684. The Morgan fingerprint density at radius 3 is 2.32 bits per heavy atom. The molecule has 31 heavy (non-hydrogen) atoms. The van der Waals surface area contributed by atoms with Gasteiger partial charge in [0.25, 0.3) is 0 Å². The Bertz CT molecular complexity index is 846. The van der Waals surface area contributed by atoms with Crippen molar-refractivity contribution in [2.75, 3.05) is 38.1 Å². The summed E-state index contributed by atoms with van der Waals surface area (Å²) in [6.45, 7) is 5.52. The standard InChI is InChI=1S/C24H33FN4O2/c1-16(21-15-17(25)7-10-22(21)29-13-11-28(2)12-14-29)26-23(30)19-5-3-4-6-20(19)24(31)27-18-8-9-18/h3-4,7,10,15-16,18-20H,5-6,8-9,11-14H2,1-2H3,(H,26,30)(H,27,31)/t16-,19-,20+/m0/s1. The molecule has 2 fully saturated rings. The van der Waals surface area contributed by atoms with E-state index < -0.39 is 5.92 Å². The Morgan fingerprint density at radius 2 is 1.68 bits per heavy atom. The fourth-order valence-electron chi connectivity index (χ4n) is 4.54. The first-order valence-electron chi connectivity index (χ1n) is 11.4. The van der Waals surface area contributed by atoms with Crippen LogP contribution in [0.4, 0.5) is 10.1 Å². The van der Waals surface area contributed by atoms with Crippen LogP contribution in [0.15, 0.2) is 30.4 Å². The molecule has 1 heterocycles. The Labute approximate surface area is 183 Å². The van der Waals surface area contributed by atoms with Gasteiger partial charge in [-0.1, -0.05) is 12.2 Å². The van der Waals surface area contributed by atoms with E-state index in [-0.39, 0.29) is 35.6 Å². The van der Waals surface area contributed by atoms with E-state index in [4.69, 9.17) is 0 Å². The summed E-state index contributed by atoms with van der Waals surface area (Å²) in [7, 11) is 2.10. The number of nitrogens with one attached hydrogen (secondary N) is 2. The maximum Gasteiger partial charge on any atom is 0.224 e. The van der Waals surface area contributed by atoms with Crippen molar-refractivity contribution in [3.05, 3.63) is 41.7 Å². The average molecular weight is 429 g/mol. The first kappa shape index (κ1) is 21.8. The van der Waals surface area contributed by atoms with Gasteiger partial charge in [0.1, 0.15) is 5.82 Å². The Kier molecular flexibility index (Phi) is 6.60. The van der Waals surface area contributed by atoms with Crippen molar-refractivity contribution in [1.82, 2.24) is 15.5 Å². The molecule has 1 saturated heterocycles. The van der Waals surface area contributed by atoms with Gasteiger partial charge in [0, 0.05) is 43.5 Å². The number of anilines is 1. The Hall–Kier alpha value is -2.41. The van der Waals surface area contributed by atoms with Gasteiger partial charge in [-0.05, 0) is 57.9 Å². The van der Waals surface area contributed by atoms with Gasteiger partial charge in [-0.2, -0.15) is 0 Å². The highest BCUT2D eigenvalue weighted by molar-refractivity contribution is 5.88. The number of amides is 2. The van der Waals surface area contributed by atoms with E-state index in [0.29, 0.717) is 12.8 Å². The van der Waals surface area contributed by atoms with Gasteiger partial charge in [-0.15, -0.1) is 0 Å². The SMILES string of the molecule is C[C@H](NC(=O)[C@H]1CC=CC[C@H]1C(=O)NC1CC1)c1cc(F)ccc1N1CCN(C)CC1. The van der Waals surface area contributed by atoms with Gasteiger partial charge in [0.2, 0.25) is 11.8 Å². The van der Waals surface area contributed by atoms with Crippen LogP contribution in [-0.4, -0.2) is 56.0 Å². The fourth-order valence-corrected chi connectivity index (χ4v) is 4.54. The molecule has 0 radical (unpaired) electrons. The summed E-state index contributed by atoms with van der Waals surface area (Å²) in [5.74, 6) is -1.21. The van der Waals surface area contributed by atoms with E-state index in [1.807, 2.05) is 25.1 Å². The van der Waals surface area contributed by atoms with Crippen molar-refractivity contribution < 1.29 is 14.0 Å². The van der Waals surface area contributed by atoms with E-state index in [2.05, 4.69) is 27.5 Å². The van der Waals surface area contributed by atoms with Crippen molar-refractivity contribution in [3.63, 3.8) is 0 Å². The number of likely N-dealkylation sites (N-methyl/N-ethyl adjacent to an activating group) is 1. The van der Waals surface area contributed by atoms with Crippen molar-refractivity contribution in [1.29, 1.82) is 0 Å². The lowest BCUT2D eigenvalue weighted by atomic mass is 9.81. The van der Waals surface area contributed by atoms with E-state index in [9.17, 15) is 14.0 Å². The maximum absolute atomic E-state index is 14.1. The number of rotatable bonds is 6. The van der Waals surface area contributed by atoms with Gasteiger partial charge >= 0.3 is 0 Å². The van der Waals surface area contributed by atoms with Gasteiger partial charge in [-0.3, -0.25) is 9.59 Å². The number of allylic oxidation sites excluding steroid dienone is 2. The number of carbonyl (C=O) groups excluding carboxylic acids is 2. The third-order valence-corrected chi connectivity index (χ3v) is 6.69. The predicted molar refractivity (Wildman–Crippen MR) is 119 cm³/mol. The van der Waals surface area contributed by atoms with E-state index in [1.165, 1.54) is 12.1 Å². The molecule has 0 unspecified atom stereocenters. The molecular formula is C24H33FN4O2. The normalized spacial score (nSPS) is 25.2. The largest absolute Gasteiger partial charge is 0.369 e. The number of hydrogen-bond acceptors (Lipinski definition) is 4. The van der Waals surface area contributed by atoms with Crippen molar-refractivity contribution in [2.45, 2.75) is 44.7 Å². The molecule has 0 bridgehead atoms. The van der Waals surface area contributed by atoms with E-state index in [1.54, 1.807) is 0 Å². The van der Waals surface area contributed by atoms with Gasteiger partial charge < -0.3 is 20.4 Å². The van der Waals surface area contributed by atoms with E-state index in [0.717, 1.165) is 50.3 Å². The van der Waals surface area contributed by atoms with Crippen LogP contribution >= 0.6 is 0 Å². The van der Waals surface area contributed by atoms with Gasteiger partial charge in [0.05, 0.1) is 17.9 Å². The van der Waals surface area contributed by atoms with Crippen LogP contribution in [0.1, 0.15) is 44.2 Å². The second-order valence-corrected chi connectivity index (χ2v) is 9.16. The van der Waals surface area contributed by atoms with Crippen LogP contribution in [0.3, 0.4) is 0 Å². The molecule has 2 N–H and O–H groups in total. The molecule has 1 aromatic rings. The van der Waals surface area contributed by atoms with E-state index >= 15 is 0 Å². The number of nitrogens with zero attached hydrogens (tertiary/aromatic N) is 2. The molecule has 2 aliphatic carbocycles. The van der Waals surface area contributed by atoms with Crippen molar-refractivity contribution >= 4 is 17.5 Å². The number of carbonyl (C=O) groups is 2. The summed E-state index contributed by atoms with van der Waals surface area (Å²) < 4.78 is 14.1. The van der Waals surface area contributed by atoms with Crippen LogP contribution in [-0.2, 0) is 9.59 Å². The van der Waals surface area contributed by atoms with Gasteiger partial charge in [0.15, 0.2) is 0 Å². The van der Waals surface area contributed by atoms with Gasteiger partial charge in [-0.25, -0.2) is 4.39 Å². The molecule has 0 spiro atoms. The first-order chi connectivity index (χ1) is 14.9. The van der Waals surface area contributed by atoms with Crippen LogP contribution in [0.5, 0.6) is 0 Å². The average Bonchev–Trinajstić information content (AvgIpc) is 3.58. The monoisotopic (exact) mass is 428 g/mol. The topological polar surface area (TPSA) is 64.7 Å². The number of halogens is 1. The molecule has 7 heteroatoms. The lowest BCUT2D eigenvalue weighted by molar-refractivity contribution is -0.135.